The fraction of sp³-hybridized carbons (Fsp3) is 0.226. The van der Waals surface area contributed by atoms with Gasteiger partial charge in [0.1, 0.15) is 5.82 Å². The van der Waals surface area contributed by atoms with E-state index >= 15 is 0 Å². The number of hydrogen-bond acceptors (Lipinski definition) is 4. The molecular formula is C31H32N6O2. The number of nitrogens with one attached hydrogen (secondary N) is 2. The molecule has 3 aromatic carbocycles. The van der Waals surface area contributed by atoms with Crippen LogP contribution in [0.25, 0.3) is 27.7 Å². The van der Waals surface area contributed by atoms with Crippen molar-refractivity contribution in [1.82, 2.24) is 25.1 Å². The van der Waals surface area contributed by atoms with Gasteiger partial charge in [0, 0.05) is 17.7 Å². The average molecular weight is 521 g/mol. The highest BCUT2D eigenvalue weighted by molar-refractivity contribution is 5.92. The zero-order valence-corrected chi connectivity index (χ0v) is 21.9. The molecule has 0 radical (unpaired) electrons. The third-order valence-corrected chi connectivity index (χ3v) is 6.83. The van der Waals surface area contributed by atoms with Crippen molar-refractivity contribution in [3.05, 3.63) is 102 Å². The van der Waals surface area contributed by atoms with Gasteiger partial charge < -0.3 is 16.0 Å². The molecule has 0 saturated carbocycles. The van der Waals surface area contributed by atoms with E-state index in [0.717, 1.165) is 47.3 Å². The van der Waals surface area contributed by atoms with Crippen LogP contribution in [0, 0.1) is 6.92 Å². The number of nitrogens with two attached hydrogens (primary N) is 1. The third kappa shape index (κ3) is 6.23. The number of aryl methyl sites for hydroxylation is 1. The summed E-state index contributed by atoms with van der Waals surface area (Å²) in [4.78, 5) is 32.5. The van der Waals surface area contributed by atoms with Crippen molar-refractivity contribution in [2.24, 2.45) is 5.73 Å². The maximum Gasteiger partial charge on any atom is 0.272 e. The standard InChI is InChI=1S/C31H32N6O2/c1-21-18-27(36-37(21)25-12-4-2-5-13-25)31(39)35-26(14-6-3-7-15-29(32)38)30-33-20-28(34-30)24-17-16-22-10-8-9-11-23(22)19-24/h2,4-5,8-13,16-20,26H,3,6-7,14-15H2,1H3,(H2,32,38)(H,33,34)(H,35,39)/t26-/m0/s1. The normalized spacial score (nSPS) is 11.9. The number of carbonyl (C=O) groups is 2. The molecule has 2 heterocycles. The van der Waals surface area contributed by atoms with Gasteiger partial charge in [-0.05, 0) is 54.8 Å². The Morgan fingerprint density at radius 2 is 1.72 bits per heavy atom. The number of benzene rings is 3. The monoisotopic (exact) mass is 520 g/mol. The van der Waals surface area contributed by atoms with Gasteiger partial charge in [-0.15, -0.1) is 0 Å². The molecule has 8 heteroatoms. The van der Waals surface area contributed by atoms with Gasteiger partial charge in [0.25, 0.3) is 5.91 Å². The lowest BCUT2D eigenvalue weighted by molar-refractivity contribution is -0.118. The number of hydrogen-bond donors (Lipinski definition) is 3. The molecule has 8 nitrogen and oxygen atoms in total. The second-order valence-corrected chi connectivity index (χ2v) is 9.75. The zero-order valence-electron chi connectivity index (χ0n) is 21.9. The van der Waals surface area contributed by atoms with Crippen LogP contribution in [0.5, 0.6) is 0 Å². The SMILES string of the molecule is Cc1cc(C(=O)N[C@@H](CCCCCC(N)=O)c2ncc(-c3ccc4ccccc4c3)[nH]2)nn1-c1ccccc1. The van der Waals surface area contributed by atoms with Crippen molar-refractivity contribution in [2.45, 2.75) is 45.1 Å². The number of aromatic amines is 1. The molecule has 4 N–H and O–H groups in total. The molecule has 1 atom stereocenters. The van der Waals surface area contributed by atoms with E-state index in [1.54, 1.807) is 16.9 Å². The van der Waals surface area contributed by atoms with Gasteiger partial charge in [-0.1, -0.05) is 67.4 Å². The fourth-order valence-electron chi connectivity index (χ4n) is 4.77. The summed E-state index contributed by atoms with van der Waals surface area (Å²) in [6.45, 7) is 1.93. The number of unbranched alkanes of at least 4 members (excludes halogenated alkanes) is 2. The number of para-hydroxylation sites is 1. The number of nitrogens with zero attached hydrogens (tertiary/aromatic N) is 3. The number of primary amides is 1. The summed E-state index contributed by atoms with van der Waals surface area (Å²) in [5.41, 5.74) is 9.30. The van der Waals surface area contributed by atoms with Gasteiger partial charge >= 0.3 is 0 Å². The second kappa shape index (κ2) is 11.8. The van der Waals surface area contributed by atoms with Crippen LogP contribution in [0.4, 0.5) is 0 Å². The minimum Gasteiger partial charge on any atom is -0.370 e. The number of aromatic nitrogens is 4. The first-order chi connectivity index (χ1) is 19.0. The van der Waals surface area contributed by atoms with Crippen molar-refractivity contribution in [3.63, 3.8) is 0 Å². The van der Waals surface area contributed by atoms with E-state index in [2.05, 4.69) is 50.7 Å². The molecule has 0 aliphatic rings. The Balaban J connectivity index is 1.36. The van der Waals surface area contributed by atoms with Gasteiger partial charge in [0.2, 0.25) is 5.91 Å². The maximum absolute atomic E-state index is 13.3. The molecule has 0 saturated heterocycles. The summed E-state index contributed by atoms with van der Waals surface area (Å²) < 4.78 is 1.76. The molecule has 0 unspecified atom stereocenters. The van der Waals surface area contributed by atoms with Crippen LogP contribution in [-0.4, -0.2) is 31.6 Å². The summed E-state index contributed by atoms with van der Waals surface area (Å²) in [6.07, 6.45) is 5.18. The molecule has 0 aliphatic heterocycles. The van der Waals surface area contributed by atoms with E-state index in [4.69, 9.17) is 5.73 Å². The quantitative estimate of drug-likeness (QED) is 0.196. The molecular weight excluding hydrogens is 488 g/mol. The molecule has 5 rings (SSSR count). The van der Waals surface area contributed by atoms with Gasteiger partial charge in [-0.3, -0.25) is 9.59 Å². The van der Waals surface area contributed by atoms with E-state index in [1.165, 1.54) is 5.39 Å². The summed E-state index contributed by atoms with van der Waals surface area (Å²) in [5, 5.41) is 10.0. The van der Waals surface area contributed by atoms with E-state index in [0.29, 0.717) is 24.4 Å². The molecule has 5 aromatic rings. The first-order valence-corrected chi connectivity index (χ1v) is 13.2. The van der Waals surface area contributed by atoms with E-state index < -0.39 is 0 Å². The average Bonchev–Trinajstić information content (AvgIpc) is 3.60. The van der Waals surface area contributed by atoms with Crippen LogP contribution in [0.15, 0.2) is 85.1 Å². The molecule has 0 spiro atoms. The van der Waals surface area contributed by atoms with Gasteiger partial charge in [0.15, 0.2) is 5.69 Å². The van der Waals surface area contributed by atoms with Crippen LogP contribution in [0.2, 0.25) is 0 Å². The number of fused-ring (bicyclic) bond motifs is 1. The molecule has 39 heavy (non-hydrogen) atoms. The van der Waals surface area contributed by atoms with Crippen molar-refractivity contribution in [1.29, 1.82) is 0 Å². The number of imidazole rings is 1. The number of rotatable bonds is 11. The predicted molar refractivity (Wildman–Crippen MR) is 152 cm³/mol. The van der Waals surface area contributed by atoms with Crippen molar-refractivity contribution in [3.8, 4) is 16.9 Å². The zero-order chi connectivity index (χ0) is 27.2. The lowest BCUT2D eigenvalue weighted by atomic mass is 10.1. The van der Waals surface area contributed by atoms with Crippen LogP contribution in [0.1, 0.15) is 60.2 Å². The van der Waals surface area contributed by atoms with Crippen LogP contribution in [0.3, 0.4) is 0 Å². The molecule has 0 aliphatic carbocycles. The Morgan fingerprint density at radius 1 is 0.949 bits per heavy atom. The van der Waals surface area contributed by atoms with Crippen molar-refractivity contribution in [2.75, 3.05) is 0 Å². The summed E-state index contributed by atoms with van der Waals surface area (Å²) in [6, 6.07) is 25.7. The van der Waals surface area contributed by atoms with Gasteiger partial charge in [0.05, 0.1) is 23.6 Å². The molecule has 0 fully saturated rings. The largest absolute Gasteiger partial charge is 0.370 e. The van der Waals surface area contributed by atoms with E-state index in [9.17, 15) is 9.59 Å². The number of carbonyl (C=O) groups excluding carboxylic acids is 2. The Kier molecular flexibility index (Phi) is 7.82. The smallest absolute Gasteiger partial charge is 0.272 e. The van der Waals surface area contributed by atoms with Gasteiger partial charge in [-0.2, -0.15) is 5.10 Å². The van der Waals surface area contributed by atoms with Crippen molar-refractivity contribution < 1.29 is 9.59 Å². The lowest BCUT2D eigenvalue weighted by Crippen LogP contribution is -2.29. The Hall–Kier alpha value is -4.72. The van der Waals surface area contributed by atoms with Crippen molar-refractivity contribution >= 4 is 22.6 Å². The molecule has 198 valence electrons. The predicted octanol–water partition coefficient (Wildman–Crippen LogP) is 5.63. The number of amides is 2. The Labute approximate surface area is 227 Å². The van der Waals surface area contributed by atoms with E-state index in [1.807, 2.05) is 49.4 Å². The summed E-state index contributed by atoms with van der Waals surface area (Å²) >= 11 is 0. The second-order valence-electron chi connectivity index (χ2n) is 9.75. The van der Waals surface area contributed by atoms with Gasteiger partial charge in [-0.25, -0.2) is 9.67 Å². The highest BCUT2D eigenvalue weighted by atomic mass is 16.2. The molecule has 2 amide bonds. The minimum absolute atomic E-state index is 0.265. The summed E-state index contributed by atoms with van der Waals surface area (Å²) in [7, 11) is 0. The first-order valence-electron chi connectivity index (χ1n) is 13.2. The summed E-state index contributed by atoms with van der Waals surface area (Å²) in [5.74, 6) is 0.120. The van der Waals surface area contributed by atoms with Crippen LogP contribution < -0.4 is 11.1 Å². The lowest BCUT2D eigenvalue weighted by Gasteiger charge is -2.16. The maximum atomic E-state index is 13.3. The first kappa shape index (κ1) is 25.9. The topological polar surface area (TPSA) is 119 Å². The molecule has 2 aromatic heterocycles. The molecule has 0 bridgehead atoms. The Bertz CT molecular complexity index is 1590. The third-order valence-electron chi connectivity index (χ3n) is 6.83. The Morgan fingerprint density at radius 3 is 2.51 bits per heavy atom. The van der Waals surface area contributed by atoms with E-state index in [-0.39, 0.29) is 17.9 Å². The van der Waals surface area contributed by atoms with Crippen LogP contribution >= 0.6 is 0 Å². The fourth-order valence-corrected chi connectivity index (χ4v) is 4.77. The highest BCUT2D eigenvalue weighted by Crippen LogP contribution is 2.26. The minimum atomic E-state index is -0.345. The highest BCUT2D eigenvalue weighted by Gasteiger charge is 2.21. The van der Waals surface area contributed by atoms with Crippen LogP contribution in [-0.2, 0) is 4.79 Å². The number of H-pyrrole nitrogens is 1.